The van der Waals surface area contributed by atoms with E-state index in [0.717, 1.165) is 22.6 Å². The van der Waals surface area contributed by atoms with E-state index in [-0.39, 0.29) is 0 Å². The third-order valence-corrected chi connectivity index (χ3v) is 3.34. The average Bonchev–Trinajstić information content (AvgIpc) is 2.63. The van der Waals surface area contributed by atoms with E-state index in [1.54, 1.807) is 26.6 Å². The maximum Gasteiger partial charge on any atom is 0.118 e. The van der Waals surface area contributed by atoms with Crippen LogP contribution in [0.4, 0.5) is 0 Å². The van der Waals surface area contributed by atoms with Crippen molar-refractivity contribution in [3.8, 4) is 11.5 Å². The lowest BCUT2D eigenvalue weighted by Gasteiger charge is -2.04. The second-order valence-electron chi connectivity index (χ2n) is 5.19. The third-order valence-electron chi connectivity index (χ3n) is 3.34. The van der Waals surface area contributed by atoms with Gasteiger partial charge in [0, 0.05) is 12.4 Å². The van der Waals surface area contributed by atoms with Crippen LogP contribution in [0, 0.1) is 0 Å². The molecule has 0 aliphatic heterocycles. The molecule has 2 aromatic rings. The maximum atomic E-state index is 9.90. The Labute approximate surface area is 142 Å². The van der Waals surface area contributed by atoms with Crippen molar-refractivity contribution in [2.24, 2.45) is 9.98 Å². The Bertz CT molecular complexity index is 605. The molecule has 0 radical (unpaired) electrons. The summed E-state index contributed by atoms with van der Waals surface area (Å²) in [5.74, 6) is 1.61. The number of aliphatic hydroxyl groups excluding tert-OH is 1. The van der Waals surface area contributed by atoms with Gasteiger partial charge in [0.2, 0.25) is 0 Å². The van der Waals surface area contributed by atoms with Crippen LogP contribution in [0.2, 0.25) is 0 Å². The van der Waals surface area contributed by atoms with Gasteiger partial charge in [0.1, 0.15) is 11.5 Å². The first-order valence-corrected chi connectivity index (χ1v) is 7.67. The van der Waals surface area contributed by atoms with E-state index in [9.17, 15) is 5.11 Å². The highest BCUT2D eigenvalue weighted by molar-refractivity contribution is 5.80. The highest BCUT2D eigenvalue weighted by Crippen LogP contribution is 2.10. The van der Waals surface area contributed by atoms with Gasteiger partial charge < -0.3 is 14.6 Å². The molecule has 0 fully saturated rings. The highest BCUT2D eigenvalue weighted by Gasteiger charge is 2.00. The molecule has 0 heterocycles. The van der Waals surface area contributed by atoms with Crippen molar-refractivity contribution in [2.45, 2.75) is 6.10 Å². The van der Waals surface area contributed by atoms with E-state index in [4.69, 9.17) is 9.47 Å². The molecule has 2 aromatic carbocycles. The molecule has 24 heavy (non-hydrogen) atoms. The van der Waals surface area contributed by atoms with Crippen LogP contribution >= 0.6 is 0 Å². The molecule has 0 amide bonds. The van der Waals surface area contributed by atoms with E-state index in [0.29, 0.717) is 13.1 Å². The smallest absolute Gasteiger partial charge is 0.118 e. The quantitative estimate of drug-likeness (QED) is 0.759. The molecule has 126 valence electrons. The monoisotopic (exact) mass is 326 g/mol. The van der Waals surface area contributed by atoms with Crippen LogP contribution in [-0.4, -0.2) is 50.9 Å². The first-order chi connectivity index (χ1) is 11.7. The zero-order chi connectivity index (χ0) is 17.2. The number of benzene rings is 2. The summed E-state index contributed by atoms with van der Waals surface area (Å²) in [5, 5.41) is 9.90. The summed E-state index contributed by atoms with van der Waals surface area (Å²) >= 11 is 0. The SMILES string of the molecule is COc1ccc(C=NCC(O)CN=Cc2ccc(OC)cc2)cc1. The van der Waals surface area contributed by atoms with Crippen molar-refractivity contribution in [3.05, 3.63) is 59.7 Å². The minimum Gasteiger partial charge on any atom is -0.497 e. The first-order valence-electron chi connectivity index (χ1n) is 7.67. The van der Waals surface area contributed by atoms with Crippen LogP contribution in [0.25, 0.3) is 0 Å². The molecule has 0 aliphatic carbocycles. The number of nitrogens with zero attached hydrogens (tertiary/aromatic N) is 2. The summed E-state index contributed by atoms with van der Waals surface area (Å²) < 4.78 is 10.2. The Morgan fingerprint density at radius 1 is 0.792 bits per heavy atom. The van der Waals surface area contributed by atoms with Crippen molar-refractivity contribution in [1.29, 1.82) is 0 Å². The third kappa shape index (κ3) is 5.85. The van der Waals surface area contributed by atoms with Crippen LogP contribution in [0.5, 0.6) is 11.5 Å². The second kappa shape index (κ2) is 9.47. The van der Waals surface area contributed by atoms with Gasteiger partial charge in [-0.15, -0.1) is 0 Å². The van der Waals surface area contributed by atoms with Crippen LogP contribution in [-0.2, 0) is 0 Å². The number of methoxy groups -OCH3 is 2. The molecule has 0 saturated heterocycles. The Kier molecular flexibility index (Phi) is 6.98. The number of ether oxygens (including phenoxy) is 2. The molecular weight excluding hydrogens is 304 g/mol. The zero-order valence-electron chi connectivity index (χ0n) is 13.9. The average molecular weight is 326 g/mol. The Hall–Kier alpha value is -2.66. The molecular formula is C19H22N2O3. The molecule has 0 aromatic heterocycles. The molecule has 0 atom stereocenters. The largest absolute Gasteiger partial charge is 0.497 e. The minimum absolute atomic E-state index is 0.311. The lowest BCUT2D eigenvalue weighted by Crippen LogP contribution is -2.15. The summed E-state index contributed by atoms with van der Waals surface area (Å²) in [5.41, 5.74) is 1.93. The van der Waals surface area contributed by atoms with E-state index >= 15 is 0 Å². The summed E-state index contributed by atoms with van der Waals surface area (Å²) in [4.78, 5) is 8.48. The molecule has 0 saturated carbocycles. The van der Waals surface area contributed by atoms with Gasteiger partial charge in [0.05, 0.1) is 33.4 Å². The van der Waals surface area contributed by atoms with Crippen LogP contribution in [0.1, 0.15) is 11.1 Å². The van der Waals surface area contributed by atoms with Gasteiger partial charge in [-0.1, -0.05) is 0 Å². The van der Waals surface area contributed by atoms with Crippen LogP contribution in [0.15, 0.2) is 58.5 Å². The Morgan fingerprint density at radius 2 is 1.17 bits per heavy atom. The molecule has 5 heteroatoms. The molecule has 1 N–H and O–H groups in total. The van der Waals surface area contributed by atoms with E-state index in [1.165, 1.54) is 0 Å². The fourth-order valence-corrected chi connectivity index (χ4v) is 2.00. The number of hydrogen-bond donors (Lipinski definition) is 1. The number of hydrogen-bond acceptors (Lipinski definition) is 5. The molecule has 2 rings (SSSR count). The predicted octanol–water partition coefficient (Wildman–Crippen LogP) is 2.60. The molecule has 0 unspecified atom stereocenters. The standard InChI is InChI=1S/C19H22N2O3/c1-23-18-7-3-15(4-8-18)11-20-13-17(22)14-21-12-16-5-9-19(24-2)10-6-16/h3-12,17,22H,13-14H2,1-2H3. The molecule has 0 bridgehead atoms. The number of rotatable bonds is 8. The minimum atomic E-state index is -0.603. The number of aliphatic hydroxyl groups is 1. The van der Waals surface area contributed by atoms with Gasteiger partial charge in [-0.05, 0) is 59.7 Å². The zero-order valence-corrected chi connectivity index (χ0v) is 13.9. The van der Waals surface area contributed by atoms with Gasteiger partial charge in [-0.2, -0.15) is 0 Å². The van der Waals surface area contributed by atoms with E-state index < -0.39 is 6.10 Å². The van der Waals surface area contributed by atoms with Crippen molar-refractivity contribution in [2.75, 3.05) is 27.3 Å². The predicted molar refractivity (Wildman–Crippen MR) is 96.9 cm³/mol. The lowest BCUT2D eigenvalue weighted by atomic mass is 10.2. The normalized spacial score (nSPS) is 12.6. The first kappa shape index (κ1) is 17.7. The Morgan fingerprint density at radius 3 is 1.50 bits per heavy atom. The fourth-order valence-electron chi connectivity index (χ4n) is 2.00. The Balaban J connectivity index is 1.76. The van der Waals surface area contributed by atoms with Gasteiger partial charge in [0.15, 0.2) is 0 Å². The van der Waals surface area contributed by atoms with Crippen LogP contribution < -0.4 is 9.47 Å². The van der Waals surface area contributed by atoms with Crippen LogP contribution in [0.3, 0.4) is 0 Å². The summed E-state index contributed by atoms with van der Waals surface area (Å²) in [6.07, 6.45) is 2.86. The highest BCUT2D eigenvalue weighted by atomic mass is 16.5. The number of aliphatic imine (C=N–C) groups is 2. The van der Waals surface area contributed by atoms with Gasteiger partial charge in [-0.25, -0.2) is 0 Å². The summed E-state index contributed by atoms with van der Waals surface area (Å²) in [6.45, 7) is 0.623. The van der Waals surface area contributed by atoms with Crippen molar-refractivity contribution < 1.29 is 14.6 Å². The summed E-state index contributed by atoms with van der Waals surface area (Å²) in [7, 11) is 3.26. The van der Waals surface area contributed by atoms with Crippen molar-refractivity contribution >= 4 is 12.4 Å². The van der Waals surface area contributed by atoms with Gasteiger partial charge in [0.25, 0.3) is 0 Å². The fraction of sp³-hybridized carbons (Fsp3) is 0.263. The van der Waals surface area contributed by atoms with Crippen molar-refractivity contribution in [3.63, 3.8) is 0 Å². The van der Waals surface area contributed by atoms with E-state index in [2.05, 4.69) is 9.98 Å². The molecule has 0 spiro atoms. The lowest BCUT2D eigenvalue weighted by molar-refractivity contribution is 0.193. The van der Waals surface area contributed by atoms with E-state index in [1.807, 2.05) is 48.5 Å². The topological polar surface area (TPSA) is 63.4 Å². The second-order valence-corrected chi connectivity index (χ2v) is 5.19. The van der Waals surface area contributed by atoms with Gasteiger partial charge >= 0.3 is 0 Å². The molecule has 5 nitrogen and oxygen atoms in total. The summed E-state index contributed by atoms with van der Waals surface area (Å²) in [6, 6.07) is 15.1. The maximum absolute atomic E-state index is 9.90. The van der Waals surface area contributed by atoms with Crippen molar-refractivity contribution in [1.82, 2.24) is 0 Å². The van der Waals surface area contributed by atoms with Gasteiger partial charge in [-0.3, -0.25) is 9.98 Å². The molecule has 0 aliphatic rings.